The Kier molecular flexibility index (Phi) is 14.5. The van der Waals surface area contributed by atoms with Gasteiger partial charge in [0, 0.05) is 87.2 Å². The Morgan fingerprint density at radius 3 is 0.916 bits per heavy atom. The van der Waals surface area contributed by atoms with Crippen molar-refractivity contribution < 1.29 is 13.3 Å². The van der Waals surface area contributed by atoms with E-state index in [-0.39, 0.29) is 0 Å². The van der Waals surface area contributed by atoms with E-state index < -0.39 is 0 Å². The zero-order valence-corrected chi connectivity index (χ0v) is 63.3. The number of pyridine rings is 2. The number of benzene rings is 17. The van der Waals surface area contributed by atoms with E-state index in [2.05, 4.69) is 282 Å². The number of rotatable bonds is 8. The van der Waals surface area contributed by atoms with Crippen LogP contribution in [0.3, 0.4) is 0 Å². The van der Waals surface area contributed by atoms with Gasteiger partial charge in [0.05, 0.1) is 34.5 Å². The van der Waals surface area contributed by atoms with Crippen LogP contribution >= 0.6 is 0 Å². The van der Waals surface area contributed by atoms with Crippen molar-refractivity contribution in [2.24, 2.45) is 0 Å². The molecular weight excluding hydrogens is 1460 g/mol. The first-order valence-corrected chi connectivity index (χ1v) is 39.7. The molecule has 0 saturated carbocycles. The SMILES string of the molecule is c1ccc(-c2nc(-c3ccc(-c4ccc5c(c4)c4ccccc4c4nc6cc7c(cn6c54)oc4ccccc47)cc3)nc(-c3ccc4oc5ccccc5c4c3)n2)cc1.c1ccc2cc(-c3nc(-c4ccc(-c5ccc6c(c5)c5ccccc5c5nc7cc8c(cn7c65)oc5ccccc58)cc4)nc(-c4ccc5ccccc5c4)n3)ccc2c1. The summed E-state index contributed by atoms with van der Waals surface area (Å²) in [6, 6.07) is 122. The standard InChI is InChI=1S/C54H31N5O.C52H29N5O2/c1-3-11-36-27-39(23-19-32(36)9-1)53-56-52(57-54(58-53)40-24-20-33-10-2-4-12-37(33)28-40)35-21-17-34(18-22-35)38-25-26-44-45(29-38)41-13-5-6-15-43(41)50-51(44)59-31-48-46(30-49(59)55-50)42-14-7-8-16-47(42)60-48;1-2-10-31(11-3-1)50-54-51(56-52(55-50)34-23-25-45-41(27-34)36-13-6-8-16-43(36)58-45)32-20-18-30(19-21-32)33-22-24-39-40(26-33)35-12-4-5-15-38(35)48-49(39)57-29-46-42(28-47(57)53-48)37-14-7-9-17-44(37)59-46/h1-31H;1-29H. The second kappa shape index (κ2) is 26.1. The molecule has 0 spiro atoms. The molecule has 0 atom stereocenters. The molecule has 0 aliphatic carbocycles. The maximum atomic E-state index is 6.32. The summed E-state index contributed by atoms with van der Waals surface area (Å²) >= 11 is 0. The summed E-state index contributed by atoms with van der Waals surface area (Å²) in [5, 5.41) is 20.2. The van der Waals surface area contributed by atoms with Crippen LogP contribution in [-0.4, -0.2) is 48.7 Å². The van der Waals surface area contributed by atoms with Gasteiger partial charge in [-0.25, -0.2) is 39.9 Å². The molecule has 9 aromatic heterocycles. The summed E-state index contributed by atoms with van der Waals surface area (Å²) in [5.41, 5.74) is 21.0. The second-order valence-electron chi connectivity index (χ2n) is 30.6. The van der Waals surface area contributed by atoms with Crippen molar-refractivity contribution in [2.75, 3.05) is 0 Å². The zero-order chi connectivity index (χ0) is 77.9. The molecule has 0 radical (unpaired) electrons. The molecule has 0 unspecified atom stereocenters. The smallest absolute Gasteiger partial charge is 0.164 e. The maximum absolute atomic E-state index is 6.32. The van der Waals surface area contributed by atoms with Gasteiger partial charge < -0.3 is 13.3 Å². The minimum atomic E-state index is 0.603. The molecule has 9 heterocycles. The summed E-state index contributed by atoms with van der Waals surface area (Å²) in [4.78, 5) is 40.7. The van der Waals surface area contributed by atoms with Gasteiger partial charge in [0.1, 0.15) is 33.6 Å². The number of para-hydroxylation sites is 3. The molecular formula is C106H60N10O3. The van der Waals surface area contributed by atoms with E-state index in [4.69, 9.17) is 53.1 Å². The fourth-order valence-electron chi connectivity index (χ4n) is 17.8. The lowest BCUT2D eigenvalue weighted by Gasteiger charge is -2.11. The lowest BCUT2D eigenvalue weighted by Crippen LogP contribution is -2.00. The van der Waals surface area contributed by atoms with Gasteiger partial charge in [0.2, 0.25) is 0 Å². The van der Waals surface area contributed by atoms with Gasteiger partial charge in [-0.2, -0.15) is 0 Å². The number of furan rings is 3. The number of hydrogen-bond acceptors (Lipinski definition) is 11. The highest BCUT2D eigenvalue weighted by atomic mass is 16.3. The van der Waals surface area contributed by atoms with Crippen molar-refractivity contribution >= 4 is 164 Å². The van der Waals surface area contributed by atoms with E-state index in [1.165, 1.54) is 26.9 Å². The van der Waals surface area contributed by atoms with Crippen LogP contribution in [0.4, 0.5) is 0 Å². The number of aromatic nitrogens is 10. The molecule has 119 heavy (non-hydrogen) atoms. The normalized spacial score (nSPS) is 12.0. The third-order valence-electron chi connectivity index (χ3n) is 23.6. The predicted molar refractivity (Wildman–Crippen MR) is 483 cm³/mol. The molecule has 0 bridgehead atoms. The van der Waals surface area contributed by atoms with Gasteiger partial charge >= 0.3 is 0 Å². The van der Waals surface area contributed by atoms with Crippen LogP contribution in [0.15, 0.2) is 377 Å². The molecule has 17 aromatic carbocycles. The predicted octanol–water partition coefficient (Wildman–Crippen LogP) is 27.3. The van der Waals surface area contributed by atoms with Gasteiger partial charge in [-0.05, 0) is 138 Å². The molecule has 26 aromatic rings. The summed E-state index contributed by atoms with van der Waals surface area (Å²) in [6.07, 6.45) is 4.19. The van der Waals surface area contributed by atoms with E-state index in [1.807, 2.05) is 91.0 Å². The molecule has 0 N–H and O–H groups in total. The molecule has 26 rings (SSSR count). The molecule has 0 amide bonds. The monoisotopic (exact) mass is 1520 g/mol. The molecule has 0 saturated heterocycles. The highest BCUT2D eigenvalue weighted by Crippen LogP contribution is 2.44. The van der Waals surface area contributed by atoms with Crippen LogP contribution in [-0.2, 0) is 0 Å². The Labute approximate surface area is 676 Å². The highest BCUT2D eigenvalue weighted by Gasteiger charge is 2.23. The molecule has 552 valence electrons. The fraction of sp³-hybridized carbons (Fsp3) is 0. The van der Waals surface area contributed by atoms with E-state index >= 15 is 0 Å². The minimum Gasteiger partial charge on any atom is -0.456 e. The topological polar surface area (TPSA) is 151 Å². The molecule has 0 aliphatic rings. The van der Waals surface area contributed by atoms with E-state index in [0.29, 0.717) is 34.9 Å². The summed E-state index contributed by atoms with van der Waals surface area (Å²) in [6.45, 7) is 0. The average molecular weight is 1520 g/mol. The Bertz CT molecular complexity index is 8670. The minimum absolute atomic E-state index is 0.603. The average Bonchev–Trinajstić information content (AvgIpc) is 1.59. The largest absolute Gasteiger partial charge is 0.456 e. The Morgan fingerprint density at radius 2 is 0.471 bits per heavy atom. The van der Waals surface area contributed by atoms with Crippen molar-refractivity contribution in [2.45, 2.75) is 0 Å². The van der Waals surface area contributed by atoms with Crippen molar-refractivity contribution in [3.8, 4) is 90.6 Å². The highest BCUT2D eigenvalue weighted by molar-refractivity contribution is 6.27. The Morgan fingerprint density at radius 1 is 0.168 bits per heavy atom. The first kappa shape index (κ1) is 66.1. The van der Waals surface area contributed by atoms with Crippen LogP contribution in [0.1, 0.15) is 0 Å². The van der Waals surface area contributed by atoms with Gasteiger partial charge in [-0.3, -0.25) is 8.80 Å². The van der Waals surface area contributed by atoms with Crippen molar-refractivity contribution in [1.82, 2.24) is 48.7 Å². The van der Waals surface area contributed by atoms with Crippen LogP contribution < -0.4 is 0 Å². The summed E-state index contributed by atoms with van der Waals surface area (Å²) in [7, 11) is 0. The van der Waals surface area contributed by atoms with Crippen molar-refractivity contribution in [3.05, 3.63) is 364 Å². The lowest BCUT2D eigenvalue weighted by molar-refractivity contribution is 0.666. The van der Waals surface area contributed by atoms with Crippen LogP contribution in [0.5, 0.6) is 0 Å². The zero-order valence-electron chi connectivity index (χ0n) is 63.3. The van der Waals surface area contributed by atoms with Crippen LogP contribution in [0, 0.1) is 0 Å². The molecule has 0 fully saturated rings. The molecule has 13 nitrogen and oxygen atoms in total. The lowest BCUT2D eigenvalue weighted by atomic mass is 9.95. The third kappa shape index (κ3) is 10.8. The Balaban J connectivity index is 0.000000132. The van der Waals surface area contributed by atoms with Gasteiger partial charge in [-0.15, -0.1) is 0 Å². The molecule has 0 aliphatic heterocycles. The first-order valence-electron chi connectivity index (χ1n) is 39.7. The van der Waals surface area contributed by atoms with E-state index in [1.54, 1.807) is 0 Å². The number of hydrogen-bond donors (Lipinski definition) is 0. The fourth-order valence-corrected chi connectivity index (χ4v) is 17.8. The third-order valence-corrected chi connectivity index (χ3v) is 23.6. The van der Waals surface area contributed by atoms with Crippen molar-refractivity contribution in [3.63, 3.8) is 0 Å². The van der Waals surface area contributed by atoms with Gasteiger partial charge in [-0.1, -0.05) is 279 Å². The van der Waals surface area contributed by atoms with Crippen molar-refractivity contribution in [1.29, 1.82) is 0 Å². The summed E-state index contributed by atoms with van der Waals surface area (Å²) in [5.74, 6) is 3.73. The van der Waals surface area contributed by atoms with E-state index in [9.17, 15) is 0 Å². The number of imidazole rings is 2. The van der Waals surface area contributed by atoms with Crippen LogP contribution in [0.25, 0.3) is 254 Å². The molecule has 13 heteroatoms. The Hall–Kier alpha value is -16.4. The van der Waals surface area contributed by atoms with E-state index in [0.717, 1.165) is 193 Å². The number of fused-ring (bicyclic) bond motifs is 27. The van der Waals surface area contributed by atoms with Gasteiger partial charge in [0.25, 0.3) is 0 Å². The number of nitrogens with zero attached hydrogens (tertiary/aromatic N) is 10. The maximum Gasteiger partial charge on any atom is 0.164 e. The second-order valence-corrected chi connectivity index (χ2v) is 30.6. The van der Waals surface area contributed by atoms with Crippen LogP contribution in [0.2, 0.25) is 0 Å². The quantitative estimate of drug-likeness (QED) is 0.134. The first-order chi connectivity index (χ1) is 58.9. The summed E-state index contributed by atoms with van der Waals surface area (Å²) < 4.78 is 23.1. The van der Waals surface area contributed by atoms with Gasteiger partial charge in [0.15, 0.2) is 46.1 Å².